The first kappa shape index (κ1) is 22.6. The van der Waals surface area contributed by atoms with Crippen molar-refractivity contribution in [3.8, 4) is 17.6 Å². The summed E-state index contributed by atoms with van der Waals surface area (Å²) in [5.74, 6) is -0.188. The Labute approximate surface area is 195 Å². The Balaban J connectivity index is 1.48. The van der Waals surface area contributed by atoms with Crippen LogP contribution in [0.15, 0.2) is 36.4 Å². The summed E-state index contributed by atoms with van der Waals surface area (Å²) < 4.78 is 45.1. The fraction of sp³-hybridized carbons (Fsp3) is 0.444. The molecule has 4 saturated carbocycles. The highest BCUT2D eigenvalue weighted by Gasteiger charge is 2.59. The van der Waals surface area contributed by atoms with E-state index in [9.17, 15) is 22.8 Å². The number of aryl methyl sites for hydroxylation is 1. The Morgan fingerprint density at radius 2 is 1.50 bits per heavy atom. The Kier molecular flexibility index (Phi) is 5.50. The quantitative estimate of drug-likeness (QED) is 0.501. The number of alkyl halides is 3. The van der Waals surface area contributed by atoms with Gasteiger partial charge >= 0.3 is 6.18 Å². The average Bonchev–Trinajstić information content (AvgIpc) is 3.11. The fourth-order valence-corrected chi connectivity index (χ4v) is 6.39. The summed E-state index contributed by atoms with van der Waals surface area (Å²) in [6.45, 7) is 1.95. The smallest absolute Gasteiger partial charge is 0.417 e. The molecule has 34 heavy (non-hydrogen) atoms. The van der Waals surface area contributed by atoms with E-state index in [1.54, 1.807) is 24.3 Å². The van der Waals surface area contributed by atoms with E-state index in [4.69, 9.17) is 10.00 Å². The van der Waals surface area contributed by atoms with Crippen LogP contribution >= 0.6 is 0 Å². The molecule has 2 aromatic rings. The molecule has 176 valence electrons. The Morgan fingerprint density at radius 1 is 0.941 bits per heavy atom. The van der Waals surface area contributed by atoms with Crippen LogP contribution < -0.4 is 4.74 Å². The number of hydrogen-bond donors (Lipinski definition) is 0. The summed E-state index contributed by atoms with van der Waals surface area (Å²) in [5, 5.41) is 9.16. The number of hydrogen-bond acceptors (Lipinski definition) is 4. The highest BCUT2D eigenvalue weighted by Crippen LogP contribution is 2.56. The van der Waals surface area contributed by atoms with Crippen LogP contribution in [-0.4, -0.2) is 11.6 Å². The van der Waals surface area contributed by atoms with Gasteiger partial charge in [0.1, 0.15) is 17.4 Å². The molecular formula is C27H24F3NO3. The summed E-state index contributed by atoms with van der Waals surface area (Å²) in [5.41, 5.74) is -0.0359. The molecule has 4 aliphatic rings. The Hall–Kier alpha value is -3.14. The van der Waals surface area contributed by atoms with Crippen LogP contribution in [0.25, 0.3) is 0 Å². The Morgan fingerprint density at radius 3 is 2.03 bits per heavy atom. The molecule has 2 aromatic carbocycles. The molecule has 0 aliphatic heterocycles. The highest BCUT2D eigenvalue weighted by molar-refractivity contribution is 6.16. The second-order valence-corrected chi connectivity index (χ2v) is 9.60. The van der Waals surface area contributed by atoms with Crippen molar-refractivity contribution in [3.05, 3.63) is 58.7 Å². The lowest BCUT2D eigenvalue weighted by Gasteiger charge is -2.43. The van der Waals surface area contributed by atoms with E-state index in [-0.39, 0.29) is 41.0 Å². The van der Waals surface area contributed by atoms with E-state index >= 15 is 0 Å². The molecule has 0 aromatic heterocycles. The lowest BCUT2D eigenvalue weighted by molar-refractivity contribution is -0.137. The predicted octanol–water partition coefficient (Wildman–Crippen LogP) is 6.22. The van der Waals surface area contributed by atoms with Gasteiger partial charge in [0.25, 0.3) is 0 Å². The van der Waals surface area contributed by atoms with Crippen molar-refractivity contribution in [2.24, 2.45) is 23.7 Å². The molecule has 0 heterocycles. The second kappa shape index (κ2) is 8.26. The Bertz CT molecular complexity index is 1170. The van der Waals surface area contributed by atoms with E-state index in [2.05, 4.69) is 0 Å². The molecule has 0 radical (unpaired) electrons. The highest BCUT2D eigenvalue weighted by atomic mass is 19.4. The number of halogens is 3. The first-order valence-corrected chi connectivity index (χ1v) is 11.7. The number of ketones is 2. The first-order valence-electron chi connectivity index (χ1n) is 11.7. The van der Waals surface area contributed by atoms with Gasteiger partial charge in [-0.2, -0.15) is 18.4 Å². The molecule has 0 saturated heterocycles. The zero-order chi connectivity index (χ0) is 24.2. The summed E-state index contributed by atoms with van der Waals surface area (Å²) in [6.07, 6.45) is 0.0344. The minimum atomic E-state index is -4.64. The van der Waals surface area contributed by atoms with Crippen molar-refractivity contribution in [1.29, 1.82) is 5.26 Å². The normalized spacial score (nSPS) is 28.0. The molecule has 0 amide bonds. The van der Waals surface area contributed by atoms with Crippen molar-refractivity contribution in [1.82, 2.24) is 0 Å². The predicted molar refractivity (Wildman–Crippen MR) is 117 cm³/mol. The van der Waals surface area contributed by atoms with E-state index < -0.39 is 23.2 Å². The fourth-order valence-electron chi connectivity index (χ4n) is 6.39. The summed E-state index contributed by atoms with van der Waals surface area (Å²) in [6, 6.07) is 9.74. The van der Waals surface area contributed by atoms with Gasteiger partial charge in [0.15, 0.2) is 11.6 Å². The number of rotatable bonds is 4. The van der Waals surface area contributed by atoms with Crippen molar-refractivity contribution in [3.63, 3.8) is 0 Å². The van der Waals surface area contributed by atoms with E-state index in [0.717, 1.165) is 49.4 Å². The van der Waals surface area contributed by atoms with Crippen molar-refractivity contribution in [2.75, 3.05) is 0 Å². The molecule has 0 spiro atoms. The van der Waals surface area contributed by atoms with E-state index in [0.29, 0.717) is 17.7 Å². The zero-order valence-electron chi connectivity index (χ0n) is 18.7. The van der Waals surface area contributed by atoms with Crippen molar-refractivity contribution in [2.45, 2.75) is 51.1 Å². The maximum Gasteiger partial charge on any atom is 0.417 e. The zero-order valence-corrected chi connectivity index (χ0v) is 18.7. The van der Waals surface area contributed by atoms with Gasteiger partial charge in [-0.3, -0.25) is 9.59 Å². The van der Waals surface area contributed by atoms with Gasteiger partial charge in [-0.25, -0.2) is 0 Å². The van der Waals surface area contributed by atoms with Gasteiger partial charge < -0.3 is 4.74 Å². The number of carbonyl (C=O) groups is 2. The average molecular weight is 467 g/mol. The molecule has 2 atom stereocenters. The SMILES string of the molecule is CCc1ccc(Oc2ccc(C(F)(F)F)c(C#N)c2)cc1C1C(=O)C2C3CCC(CC3)C2C1=O. The van der Waals surface area contributed by atoms with Gasteiger partial charge in [-0.15, -0.1) is 0 Å². The molecule has 4 aliphatic carbocycles. The van der Waals surface area contributed by atoms with Crippen LogP contribution in [0.4, 0.5) is 13.2 Å². The van der Waals surface area contributed by atoms with Crippen molar-refractivity contribution >= 4 is 11.6 Å². The second-order valence-electron chi connectivity index (χ2n) is 9.60. The van der Waals surface area contributed by atoms with Gasteiger partial charge in [0.2, 0.25) is 0 Å². The van der Waals surface area contributed by atoms with Crippen LogP contribution in [0.3, 0.4) is 0 Å². The maximum absolute atomic E-state index is 13.5. The first-order chi connectivity index (χ1) is 16.2. The standard InChI is InChI=1S/C27H24F3NO3/c1-2-14-7-8-19(34-18-9-10-21(27(28,29)30)17(11-18)13-31)12-20(14)24-25(32)22-15-3-4-16(6-5-15)23(22)26(24)33/h7-12,15-16,22-24H,2-6H2,1H3. The van der Waals surface area contributed by atoms with Gasteiger partial charge in [-0.1, -0.05) is 13.0 Å². The number of fused-ring (bicyclic) bond motifs is 2. The van der Waals surface area contributed by atoms with E-state index in [1.807, 2.05) is 6.92 Å². The van der Waals surface area contributed by atoms with Crippen LogP contribution in [-0.2, 0) is 22.2 Å². The van der Waals surface area contributed by atoms with Crippen LogP contribution in [0.5, 0.6) is 11.5 Å². The molecular weight excluding hydrogens is 443 g/mol. The molecule has 2 unspecified atom stereocenters. The summed E-state index contributed by atoms with van der Waals surface area (Å²) in [4.78, 5) is 27.0. The topological polar surface area (TPSA) is 67.2 Å². The molecule has 6 rings (SSSR count). The number of benzene rings is 2. The lowest BCUT2D eigenvalue weighted by atomic mass is 9.59. The largest absolute Gasteiger partial charge is 0.457 e. The van der Waals surface area contributed by atoms with Gasteiger partial charge in [-0.05, 0) is 85.4 Å². The summed E-state index contributed by atoms with van der Waals surface area (Å²) in [7, 11) is 0. The van der Waals surface area contributed by atoms with Gasteiger partial charge in [0, 0.05) is 11.8 Å². The molecule has 2 bridgehead atoms. The number of nitrogens with zero attached hydrogens (tertiary/aromatic N) is 1. The molecule has 7 heteroatoms. The summed E-state index contributed by atoms with van der Waals surface area (Å²) >= 11 is 0. The van der Waals surface area contributed by atoms with Crippen molar-refractivity contribution < 1.29 is 27.5 Å². The number of ether oxygens (including phenoxy) is 1. The molecule has 4 nitrogen and oxygen atoms in total. The monoisotopic (exact) mass is 467 g/mol. The lowest BCUT2D eigenvalue weighted by Crippen LogP contribution is -2.41. The molecule has 4 fully saturated rings. The van der Waals surface area contributed by atoms with Gasteiger partial charge in [0.05, 0.1) is 17.2 Å². The number of carbonyl (C=O) groups excluding carboxylic acids is 2. The number of nitriles is 1. The van der Waals surface area contributed by atoms with Crippen LogP contribution in [0, 0.1) is 35.0 Å². The van der Waals surface area contributed by atoms with Crippen LogP contribution in [0.2, 0.25) is 0 Å². The van der Waals surface area contributed by atoms with E-state index in [1.165, 1.54) is 0 Å². The molecule has 0 N–H and O–H groups in total. The third-order valence-corrected chi connectivity index (χ3v) is 7.91. The third-order valence-electron chi connectivity index (χ3n) is 7.91. The van der Waals surface area contributed by atoms with Crippen LogP contribution in [0.1, 0.15) is 60.8 Å². The maximum atomic E-state index is 13.5. The minimum Gasteiger partial charge on any atom is -0.457 e. The minimum absolute atomic E-state index is 0.0116. The number of Topliss-reactive ketones (excluding diaryl/α,β-unsaturated/α-hetero) is 2. The third kappa shape index (κ3) is 3.60.